The maximum absolute atomic E-state index is 11.5. The topological polar surface area (TPSA) is 55.1 Å². The Labute approximate surface area is 101 Å². The van der Waals surface area contributed by atoms with E-state index in [1.807, 2.05) is 19.1 Å². The second kappa shape index (κ2) is 6.51. The first-order valence-electron chi connectivity index (χ1n) is 5.34. The normalized spacial score (nSPS) is 12.2. The summed E-state index contributed by atoms with van der Waals surface area (Å²) in [6.45, 7) is 2.54. The van der Waals surface area contributed by atoms with E-state index in [0.717, 1.165) is 12.0 Å². The summed E-state index contributed by atoms with van der Waals surface area (Å²) in [5, 5.41) is 3.47. The van der Waals surface area contributed by atoms with Crippen molar-refractivity contribution in [1.29, 1.82) is 0 Å². The highest BCUT2D eigenvalue weighted by Crippen LogP contribution is 2.10. The van der Waals surface area contributed by atoms with Crippen LogP contribution in [0.25, 0.3) is 0 Å². The van der Waals surface area contributed by atoms with Gasteiger partial charge in [0.1, 0.15) is 0 Å². The van der Waals surface area contributed by atoms with Gasteiger partial charge in [0.15, 0.2) is 0 Å². The SMILES string of the molecule is CC(N)CCNC(=O)Cc1cccc(Cl)c1. The summed E-state index contributed by atoms with van der Waals surface area (Å²) in [4.78, 5) is 11.5. The molecule has 0 aliphatic carbocycles. The van der Waals surface area contributed by atoms with Crippen molar-refractivity contribution in [3.63, 3.8) is 0 Å². The minimum atomic E-state index is 0.00270. The fraction of sp³-hybridized carbons (Fsp3) is 0.417. The number of nitrogens with one attached hydrogen (secondary N) is 1. The lowest BCUT2D eigenvalue weighted by molar-refractivity contribution is -0.120. The molecule has 1 aromatic rings. The fourth-order valence-corrected chi connectivity index (χ4v) is 1.55. The molecule has 1 aromatic carbocycles. The zero-order valence-corrected chi connectivity index (χ0v) is 10.1. The highest BCUT2D eigenvalue weighted by atomic mass is 35.5. The molecule has 0 saturated heterocycles. The van der Waals surface area contributed by atoms with Crippen LogP contribution < -0.4 is 11.1 Å². The number of benzene rings is 1. The van der Waals surface area contributed by atoms with Crippen molar-refractivity contribution < 1.29 is 4.79 Å². The highest BCUT2D eigenvalue weighted by Gasteiger charge is 2.03. The predicted octanol–water partition coefficient (Wildman–Crippen LogP) is 1.74. The zero-order valence-electron chi connectivity index (χ0n) is 9.37. The van der Waals surface area contributed by atoms with Crippen molar-refractivity contribution >= 4 is 17.5 Å². The molecule has 0 saturated carbocycles. The summed E-state index contributed by atoms with van der Waals surface area (Å²) in [7, 11) is 0. The number of hydrogen-bond donors (Lipinski definition) is 2. The van der Waals surface area contributed by atoms with Crippen LogP contribution in [0.15, 0.2) is 24.3 Å². The first-order chi connectivity index (χ1) is 7.58. The molecule has 16 heavy (non-hydrogen) atoms. The van der Waals surface area contributed by atoms with Crippen molar-refractivity contribution in [3.8, 4) is 0 Å². The van der Waals surface area contributed by atoms with Crippen molar-refractivity contribution in [2.75, 3.05) is 6.54 Å². The number of halogens is 1. The second-order valence-corrected chi connectivity index (χ2v) is 4.36. The summed E-state index contributed by atoms with van der Waals surface area (Å²) in [5.41, 5.74) is 6.50. The van der Waals surface area contributed by atoms with Crippen LogP contribution in [0.2, 0.25) is 5.02 Å². The molecular weight excluding hydrogens is 224 g/mol. The predicted molar refractivity (Wildman–Crippen MR) is 66.4 cm³/mol. The van der Waals surface area contributed by atoms with Crippen LogP contribution in [0.1, 0.15) is 18.9 Å². The molecule has 0 spiro atoms. The molecule has 1 amide bonds. The molecule has 0 radical (unpaired) electrons. The Morgan fingerprint density at radius 3 is 2.94 bits per heavy atom. The number of carbonyl (C=O) groups excluding carboxylic acids is 1. The van der Waals surface area contributed by atoms with E-state index < -0.39 is 0 Å². The quantitative estimate of drug-likeness (QED) is 0.824. The minimum Gasteiger partial charge on any atom is -0.356 e. The molecule has 88 valence electrons. The maximum atomic E-state index is 11.5. The number of amides is 1. The lowest BCUT2D eigenvalue weighted by Gasteiger charge is -2.07. The summed E-state index contributed by atoms with van der Waals surface area (Å²) in [5.74, 6) is 0.00270. The highest BCUT2D eigenvalue weighted by molar-refractivity contribution is 6.30. The van der Waals surface area contributed by atoms with Crippen LogP contribution >= 0.6 is 11.6 Å². The van der Waals surface area contributed by atoms with Crippen LogP contribution in [-0.4, -0.2) is 18.5 Å². The molecule has 1 unspecified atom stereocenters. The summed E-state index contributed by atoms with van der Waals surface area (Å²) < 4.78 is 0. The number of nitrogens with two attached hydrogens (primary N) is 1. The lowest BCUT2D eigenvalue weighted by Crippen LogP contribution is -2.29. The van der Waals surface area contributed by atoms with Gasteiger partial charge in [-0.1, -0.05) is 23.7 Å². The first kappa shape index (κ1) is 13.0. The molecule has 0 bridgehead atoms. The second-order valence-electron chi connectivity index (χ2n) is 3.92. The molecule has 1 atom stereocenters. The number of carbonyl (C=O) groups is 1. The van der Waals surface area contributed by atoms with Crippen molar-refractivity contribution in [3.05, 3.63) is 34.9 Å². The molecule has 4 heteroatoms. The summed E-state index contributed by atoms with van der Waals surface area (Å²) in [6.07, 6.45) is 1.15. The molecule has 3 N–H and O–H groups in total. The van der Waals surface area contributed by atoms with E-state index in [2.05, 4.69) is 5.32 Å². The zero-order chi connectivity index (χ0) is 12.0. The Kier molecular flexibility index (Phi) is 5.29. The molecule has 0 fully saturated rings. The third kappa shape index (κ3) is 5.14. The van der Waals surface area contributed by atoms with Gasteiger partial charge in [-0.05, 0) is 31.0 Å². The van der Waals surface area contributed by atoms with Gasteiger partial charge in [0.05, 0.1) is 6.42 Å². The maximum Gasteiger partial charge on any atom is 0.224 e. The Hall–Kier alpha value is -1.06. The Morgan fingerprint density at radius 2 is 2.31 bits per heavy atom. The van der Waals surface area contributed by atoms with E-state index in [1.54, 1.807) is 12.1 Å². The van der Waals surface area contributed by atoms with E-state index in [4.69, 9.17) is 17.3 Å². The van der Waals surface area contributed by atoms with E-state index in [0.29, 0.717) is 18.0 Å². The average molecular weight is 241 g/mol. The van der Waals surface area contributed by atoms with Gasteiger partial charge in [0, 0.05) is 17.6 Å². The van der Waals surface area contributed by atoms with Crippen LogP contribution in [0, 0.1) is 0 Å². The standard InChI is InChI=1S/C12H17ClN2O/c1-9(14)5-6-15-12(16)8-10-3-2-4-11(13)7-10/h2-4,7,9H,5-6,8,14H2,1H3,(H,15,16). The van der Waals surface area contributed by atoms with Gasteiger partial charge in [-0.25, -0.2) is 0 Å². The van der Waals surface area contributed by atoms with Gasteiger partial charge in [-0.15, -0.1) is 0 Å². The lowest BCUT2D eigenvalue weighted by atomic mass is 10.1. The Morgan fingerprint density at radius 1 is 1.56 bits per heavy atom. The van der Waals surface area contributed by atoms with Gasteiger partial charge in [-0.2, -0.15) is 0 Å². The summed E-state index contributed by atoms with van der Waals surface area (Å²) in [6, 6.07) is 7.43. The number of rotatable bonds is 5. The monoisotopic (exact) mass is 240 g/mol. The molecule has 0 aromatic heterocycles. The molecular formula is C12H17ClN2O. The Balaban J connectivity index is 2.34. The first-order valence-corrected chi connectivity index (χ1v) is 5.72. The van der Waals surface area contributed by atoms with E-state index in [9.17, 15) is 4.79 Å². The van der Waals surface area contributed by atoms with E-state index in [1.165, 1.54) is 0 Å². The van der Waals surface area contributed by atoms with Gasteiger partial charge < -0.3 is 11.1 Å². The molecule has 1 rings (SSSR count). The number of hydrogen-bond acceptors (Lipinski definition) is 2. The largest absolute Gasteiger partial charge is 0.356 e. The van der Waals surface area contributed by atoms with Gasteiger partial charge >= 0.3 is 0 Å². The fourth-order valence-electron chi connectivity index (χ4n) is 1.33. The van der Waals surface area contributed by atoms with Crippen molar-refractivity contribution in [2.24, 2.45) is 5.73 Å². The minimum absolute atomic E-state index is 0.00270. The molecule has 0 aliphatic heterocycles. The average Bonchev–Trinajstić information content (AvgIpc) is 2.16. The Bertz CT molecular complexity index is 353. The van der Waals surface area contributed by atoms with E-state index in [-0.39, 0.29) is 11.9 Å². The summed E-state index contributed by atoms with van der Waals surface area (Å²) >= 11 is 5.83. The molecule has 0 aliphatic rings. The van der Waals surface area contributed by atoms with E-state index >= 15 is 0 Å². The van der Waals surface area contributed by atoms with Crippen LogP contribution in [0.4, 0.5) is 0 Å². The van der Waals surface area contributed by atoms with Gasteiger partial charge in [-0.3, -0.25) is 4.79 Å². The third-order valence-electron chi connectivity index (χ3n) is 2.18. The molecule has 3 nitrogen and oxygen atoms in total. The van der Waals surface area contributed by atoms with Gasteiger partial charge in [0.2, 0.25) is 5.91 Å². The third-order valence-corrected chi connectivity index (χ3v) is 2.41. The van der Waals surface area contributed by atoms with Gasteiger partial charge in [0.25, 0.3) is 0 Å². The smallest absolute Gasteiger partial charge is 0.224 e. The van der Waals surface area contributed by atoms with Crippen LogP contribution in [-0.2, 0) is 11.2 Å². The van der Waals surface area contributed by atoms with Crippen LogP contribution in [0.3, 0.4) is 0 Å². The molecule has 0 heterocycles. The van der Waals surface area contributed by atoms with Crippen molar-refractivity contribution in [1.82, 2.24) is 5.32 Å². The van der Waals surface area contributed by atoms with Crippen LogP contribution in [0.5, 0.6) is 0 Å². The van der Waals surface area contributed by atoms with Crippen molar-refractivity contribution in [2.45, 2.75) is 25.8 Å².